The van der Waals surface area contributed by atoms with Crippen molar-refractivity contribution in [2.45, 2.75) is 23.9 Å². The highest BCUT2D eigenvalue weighted by Crippen LogP contribution is 2.33. The third-order valence-corrected chi connectivity index (χ3v) is 4.99. The summed E-state index contributed by atoms with van der Waals surface area (Å²) in [5, 5.41) is 11.0. The van der Waals surface area contributed by atoms with Gasteiger partial charge in [-0.05, 0) is 19.4 Å². The van der Waals surface area contributed by atoms with E-state index in [1.54, 1.807) is 12.1 Å². The number of ketones is 1. The van der Waals surface area contributed by atoms with Crippen molar-refractivity contribution >= 4 is 28.4 Å². The first-order valence-electron chi connectivity index (χ1n) is 8.56. The number of aliphatic hydroxyl groups is 1. The molecule has 0 saturated heterocycles. The Kier molecular flexibility index (Phi) is 8.12. The number of hydrogen-bond acceptors (Lipinski definition) is 4. The van der Waals surface area contributed by atoms with Gasteiger partial charge in [0.25, 0.3) is 5.95 Å². The van der Waals surface area contributed by atoms with Gasteiger partial charge in [0.1, 0.15) is 10.0 Å². The maximum atomic E-state index is 13.0. The predicted octanol–water partition coefficient (Wildman–Crippen LogP) is 4.69. The summed E-state index contributed by atoms with van der Waals surface area (Å²) in [5.74, 6) is 0.114. The standard InChI is InChI=1S/C21H23IO4/c1-3-25-21(26-4-2)17(19(23)15-11-7-5-8-12-15)18(22)20(24)16-13-9-6-10-14-16/h5-14,18-19,23H,3-4H2,1-2H3. The summed E-state index contributed by atoms with van der Waals surface area (Å²) in [7, 11) is 0. The number of carbonyl (C=O) groups excluding carboxylic acids is 1. The molecule has 0 fully saturated rings. The lowest BCUT2D eigenvalue weighted by Gasteiger charge is -2.23. The Morgan fingerprint density at radius 2 is 1.46 bits per heavy atom. The molecule has 0 aliphatic carbocycles. The first kappa shape index (κ1) is 20.5. The minimum Gasteiger partial charge on any atom is -0.466 e. The number of aliphatic hydroxyl groups excluding tert-OH is 1. The maximum Gasteiger partial charge on any atom is 0.282 e. The maximum absolute atomic E-state index is 13.0. The molecule has 0 bridgehead atoms. The molecule has 0 aromatic heterocycles. The van der Waals surface area contributed by atoms with E-state index in [9.17, 15) is 9.90 Å². The van der Waals surface area contributed by atoms with Gasteiger partial charge in [0.2, 0.25) is 0 Å². The zero-order valence-corrected chi connectivity index (χ0v) is 17.0. The van der Waals surface area contributed by atoms with E-state index < -0.39 is 10.0 Å². The fourth-order valence-electron chi connectivity index (χ4n) is 2.53. The van der Waals surface area contributed by atoms with Crippen molar-refractivity contribution in [3.05, 3.63) is 83.3 Å². The average Bonchev–Trinajstić information content (AvgIpc) is 2.69. The SMILES string of the molecule is CCOC(OCC)=C(C(I)C(=O)c1ccccc1)C(O)c1ccccc1. The summed E-state index contributed by atoms with van der Waals surface area (Å²) in [4.78, 5) is 13.0. The smallest absolute Gasteiger partial charge is 0.282 e. The van der Waals surface area contributed by atoms with E-state index in [1.807, 2.05) is 85.0 Å². The Balaban J connectivity index is 2.48. The van der Waals surface area contributed by atoms with E-state index in [1.165, 1.54) is 0 Å². The van der Waals surface area contributed by atoms with Crippen LogP contribution in [0.5, 0.6) is 0 Å². The molecule has 0 amide bonds. The van der Waals surface area contributed by atoms with E-state index in [2.05, 4.69) is 0 Å². The van der Waals surface area contributed by atoms with Crippen LogP contribution in [0.1, 0.15) is 35.9 Å². The van der Waals surface area contributed by atoms with Crippen LogP contribution >= 0.6 is 22.6 Å². The minimum atomic E-state index is -1.00. The fourth-order valence-corrected chi connectivity index (χ4v) is 3.48. The molecule has 0 radical (unpaired) electrons. The lowest BCUT2D eigenvalue weighted by atomic mass is 9.95. The average molecular weight is 466 g/mol. The number of Topliss-reactive ketones (excluding diaryl/α,β-unsaturated/α-hetero) is 1. The van der Waals surface area contributed by atoms with Gasteiger partial charge < -0.3 is 14.6 Å². The first-order valence-corrected chi connectivity index (χ1v) is 9.80. The molecule has 2 aromatic rings. The van der Waals surface area contributed by atoms with Gasteiger partial charge in [-0.3, -0.25) is 4.79 Å². The van der Waals surface area contributed by atoms with Crippen LogP contribution in [0.4, 0.5) is 0 Å². The quantitative estimate of drug-likeness (QED) is 0.252. The van der Waals surface area contributed by atoms with Crippen LogP contribution < -0.4 is 0 Å². The van der Waals surface area contributed by atoms with Crippen LogP contribution in [0.15, 0.2) is 72.2 Å². The molecular weight excluding hydrogens is 443 g/mol. The van der Waals surface area contributed by atoms with Crippen LogP contribution in [0, 0.1) is 0 Å². The zero-order valence-electron chi connectivity index (χ0n) is 14.9. The highest BCUT2D eigenvalue weighted by molar-refractivity contribution is 14.1. The van der Waals surface area contributed by atoms with E-state index in [0.29, 0.717) is 29.9 Å². The van der Waals surface area contributed by atoms with Gasteiger partial charge in [0.05, 0.1) is 18.8 Å². The molecule has 2 aromatic carbocycles. The van der Waals surface area contributed by atoms with Crippen LogP contribution in [0.3, 0.4) is 0 Å². The van der Waals surface area contributed by atoms with Crippen molar-refractivity contribution in [3.63, 3.8) is 0 Å². The van der Waals surface area contributed by atoms with Gasteiger partial charge in [-0.2, -0.15) is 0 Å². The van der Waals surface area contributed by atoms with Gasteiger partial charge >= 0.3 is 0 Å². The van der Waals surface area contributed by atoms with Crippen LogP contribution in [0.25, 0.3) is 0 Å². The van der Waals surface area contributed by atoms with Crippen molar-refractivity contribution in [1.82, 2.24) is 0 Å². The molecule has 0 saturated carbocycles. The Labute approximate surface area is 168 Å². The number of hydrogen-bond donors (Lipinski definition) is 1. The summed E-state index contributed by atoms with van der Waals surface area (Å²) in [5.41, 5.74) is 1.69. The third-order valence-electron chi connectivity index (χ3n) is 3.76. The van der Waals surface area contributed by atoms with E-state index in [0.717, 1.165) is 0 Å². The van der Waals surface area contributed by atoms with Gasteiger partial charge in [-0.1, -0.05) is 83.3 Å². The monoisotopic (exact) mass is 466 g/mol. The molecule has 1 N–H and O–H groups in total. The number of ether oxygens (including phenoxy) is 2. The van der Waals surface area contributed by atoms with Crippen molar-refractivity contribution in [2.24, 2.45) is 0 Å². The van der Waals surface area contributed by atoms with E-state index >= 15 is 0 Å². The lowest BCUT2D eigenvalue weighted by molar-refractivity contribution is 0.0339. The third kappa shape index (κ3) is 5.08. The molecule has 0 spiro atoms. The van der Waals surface area contributed by atoms with Gasteiger partial charge in [0, 0.05) is 5.56 Å². The first-order chi connectivity index (χ1) is 12.6. The number of rotatable bonds is 9. The molecule has 5 heteroatoms. The number of carbonyl (C=O) groups is 1. The second-order valence-corrected chi connectivity index (χ2v) is 6.76. The molecule has 2 atom stereocenters. The Bertz CT molecular complexity index is 720. The zero-order chi connectivity index (χ0) is 18.9. The second kappa shape index (κ2) is 10.3. The summed E-state index contributed by atoms with van der Waals surface area (Å²) in [6.45, 7) is 4.44. The van der Waals surface area contributed by atoms with Crippen molar-refractivity contribution < 1.29 is 19.4 Å². The van der Waals surface area contributed by atoms with Crippen LogP contribution in [-0.4, -0.2) is 28.0 Å². The van der Waals surface area contributed by atoms with Crippen molar-refractivity contribution in [1.29, 1.82) is 0 Å². The summed E-state index contributed by atoms with van der Waals surface area (Å²) >= 11 is 2.04. The minimum absolute atomic E-state index is 0.104. The Hall–Kier alpha value is -1.86. The number of halogens is 1. The molecule has 2 rings (SSSR count). The number of benzene rings is 2. The predicted molar refractivity (Wildman–Crippen MR) is 110 cm³/mol. The Morgan fingerprint density at radius 1 is 0.962 bits per heavy atom. The summed E-state index contributed by atoms with van der Waals surface area (Å²) in [6, 6.07) is 18.2. The van der Waals surface area contributed by atoms with Crippen molar-refractivity contribution in [2.75, 3.05) is 13.2 Å². The molecule has 138 valence electrons. The molecule has 4 nitrogen and oxygen atoms in total. The second-order valence-electron chi connectivity index (χ2n) is 5.51. The largest absolute Gasteiger partial charge is 0.466 e. The number of alkyl halides is 1. The molecular formula is C21H23IO4. The van der Waals surface area contributed by atoms with Crippen LogP contribution in [-0.2, 0) is 9.47 Å². The molecule has 0 aliphatic heterocycles. The normalized spacial score (nSPS) is 12.8. The summed E-state index contributed by atoms with van der Waals surface area (Å²) in [6.07, 6.45) is -1.00. The van der Waals surface area contributed by atoms with Crippen LogP contribution in [0.2, 0.25) is 0 Å². The topological polar surface area (TPSA) is 55.8 Å². The highest BCUT2D eigenvalue weighted by atomic mass is 127. The summed E-state index contributed by atoms with van der Waals surface area (Å²) < 4.78 is 10.6. The molecule has 26 heavy (non-hydrogen) atoms. The van der Waals surface area contributed by atoms with Gasteiger partial charge in [0.15, 0.2) is 5.78 Å². The van der Waals surface area contributed by atoms with Gasteiger partial charge in [-0.15, -0.1) is 0 Å². The highest BCUT2D eigenvalue weighted by Gasteiger charge is 2.32. The molecule has 0 aliphatic rings. The lowest BCUT2D eigenvalue weighted by Crippen LogP contribution is -2.24. The Morgan fingerprint density at radius 3 is 1.96 bits per heavy atom. The van der Waals surface area contributed by atoms with Gasteiger partial charge in [-0.25, -0.2) is 0 Å². The van der Waals surface area contributed by atoms with E-state index in [4.69, 9.17) is 9.47 Å². The van der Waals surface area contributed by atoms with E-state index in [-0.39, 0.29) is 11.7 Å². The van der Waals surface area contributed by atoms with Crippen molar-refractivity contribution in [3.8, 4) is 0 Å². The molecule has 2 unspecified atom stereocenters. The molecule has 0 heterocycles. The fraction of sp³-hybridized carbons (Fsp3) is 0.286.